The molecule has 5 nitrogen and oxygen atoms in total. The van der Waals surface area contributed by atoms with Crippen molar-refractivity contribution in [3.05, 3.63) is 64.5 Å². The van der Waals surface area contributed by atoms with Crippen LogP contribution in [0.4, 0.5) is 10.5 Å². The zero-order valence-electron chi connectivity index (χ0n) is 10.8. The molecule has 1 saturated heterocycles. The van der Waals surface area contributed by atoms with Crippen LogP contribution in [-0.4, -0.2) is 16.9 Å². The van der Waals surface area contributed by atoms with Gasteiger partial charge in [0.1, 0.15) is 5.70 Å². The Bertz CT molecular complexity index is 726. The van der Waals surface area contributed by atoms with Crippen molar-refractivity contribution < 1.29 is 9.59 Å². The first-order valence-electron chi connectivity index (χ1n) is 6.18. The van der Waals surface area contributed by atoms with Crippen molar-refractivity contribution in [1.29, 1.82) is 0 Å². The number of nitrogens with zero attached hydrogens (tertiary/aromatic N) is 2. The zero-order valence-corrected chi connectivity index (χ0v) is 12.4. The Morgan fingerprint density at radius 3 is 2.38 bits per heavy atom. The van der Waals surface area contributed by atoms with Crippen LogP contribution >= 0.6 is 15.9 Å². The molecule has 1 aromatic heterocycles. The number of rotatable bonds is 2. The molecule has 2 aromatic rings. The minimum Gasteiger partial charge on any atom is -0.302 e. The Kier molecular flexibility index (Phi) is 3.53. The van der Waals surface area contributed by atoms with Gasteiger partial charge >= 0.3 is 6.03 Å². The molecule has 0 spiro atoms. The normalized spacial score (nSPS) is 16.4. The van der Waals surface area contributed by atoms with Crippen LogP contribution in [0.15, 0.2) is 59.0 Å². The van der Waals surface area contributed by atoms with E-state index in [1.165, 1.54) is 0 Å². The van der Waals surface area contributed by atoms with E-state index in [1.54, 1.807) is 54.9 Å². The Labute approximate surface area is 129 Å². The van der Waals surface area contributed by atoms with E-state index in [2.05, 4.69) is 26.2 Å². The standard InChI is InChI=1S/C15H10BrN3O2/c16-11-1-3-12(4-2-11)19-14(20)13(18-15(19)21)9-10-5-7-17-8-6-10/h1-9H,(H,18,21)/b13-9-. The number of imide groups is 1. The van der Waals surface area contributed by atoms with Gasteiger partial charge in [-0.25, -0.2) is 9.69 Å². The van der Waals surface area contributed by atoms with E-state index in [-0.39, 0.29) is 11.6 Å². The van der Waals surface area contributed by atoms with Crippen LogP contribution < -0.4 is 10.2 Å². The second-order valence-corrected chi connectivity index (χ2v) is 5.30. The third-order valence-corrected chi connectivity index (χ3v) is 3.51. The van der Waals surface area contributed by atoms with Crippen molar-refractivity contribution >= 4 is 39.6 Å². The Morgan fingerprint density at radius 1 is 1.05 bits per heavy atom. The van der Waals surface area contributed by atoms with Crippen LogP contribution in [0.25, 0.3) is 6.08 Å². The van der Waals surface area contributed by atoms with Crippen LogP contribution in [0.2, 0.25) is 0 Å². The first kappa shape index (κ1) is 13.5. The molecule has 0 unspecified atom stereocenters. The summed E-state index contributed by atoms with van der Waals surface area (Å²) in [4.78, 5) is 29.4. The molecule has 0 atom stereocenters. The van der Waals surface area contributed by atoms with E-state index in [0.717, 1.165) is 14.9 Å². The zero-order chi connectivity index (χ0) is 14.8. The number of carbonyl (C=O) groups excluding carboxylic acids is 2. The highest BCUT2D eigenvalue weighted by Crippen LogP contribution is 2.23. The number of nitrogens with one attached hydrogen (secondary N) is 1. The highest BCUT2D eigenvalue weighted by molar-refractivity contribution is 9.10. The fourth-order valence-corrected chi connectivity index (χ4v) is 2.25. The molecule has 3 rings (SSSR count). The second kappa shape index (κ2) is 5.49. The summed E-state index contributed by atoms with van der Waals surface area (Å²) in [5.41, 5.74) is 1.57. The van der Waals surface area contributed by atoms with Gasteiger partial charge in [-0.15, -0.1) is 0 Å². The summed E-state index contributed by atoms with van der Waals surface area (Å²) in [6.45, 7) is 0. The minimum atomic E-state index is -0.456. The van der Waals surface area contributed by atoms with Crippen molar-refractivity contribution in [1.82, 2.24) is 10.3 Å². The smallest absolute Gasteiger partial charge is 0.302 e. The third kappa shape index (κ3) is 2.71. The van der Waals surface area contributed by atoms with Crippen molar-refractivity contribution in [2.24, 2.45) is 0 Å². The predicted molar refractivity (Wildman–Crippen MR) is 82.4 cm³/mol. The van der Waals surface area contributed by atoms with E-state index >= 15 is 0 Å². The lowest BCUT2D eigenvalue weighted by Gasteiger charge is -2.11. The van der Waals surface area contributed by atoms with Crippen molar-refractivity contribution in [2.75, 3.05) is 4.90 Å². The maximum Gasteiger partial charge on any atom is 0.333 e. The second-order valence-electron chi connectivity index (χ2n) is 4.39. The summed E-state index contributed by atoms with van der Waals surface area (Å²) in [6, 6.07) is 10.0. The highest BCUT2D eigenvalue weighted by atomic mass is 79.9. The summed E-state index contributed by atoms with van der Waals surface area (Å²) >= 11 is 3.32. The molecule has 0 aliphatic carbocycles. The van der Waals surface area contributed by atoms with Crippen LogP contribution in [0.1, 0.15) is 5.56 Å². The van der Waals surface area contributed by atoms with E-state index in [1.807, 2.05) is 0 Å². The summed E-state index contributed by atoms with van der Waals surface area (Å²) in [6.07, 6.45) is 4.88. The van der Waals surface area contributed by atoms with Gasteiger partial charge in [0.25, 0.3) is 5.91 Å². The van der Waals surface area contributed by atoms with Crippen LogP contribution in [0, 0.1) is 0 Å². The number of carbonyl (C=O) groups is 2. The van der Waals surface area contributed by atoms with Gasteiger partial charge in [0.2, 0.25) is 0 Å². The van der Waals surface area contributed by atoms with E-state index < -0.39 is 6.03 Å². The summed E-state index contributed by atoms with van der Waals surface area (Å²) < 4.78 is 0.880. The predicted octanol–water partition coefficient (Wildman–Crippen LogP) is 2.94. The molecule has 21 heavy (non-hydrogen) atoms. The molecule has 1 N–H and O–H groups in total. The minimum absolute atomic E-state index is 0.245. The molecule has 0 bridgehead atoms. The van der Waals surface area contributed by atoms with Crippen molar-refractivity contribution in [3.8, 4) is 0 Å². The number of halogens is 1. The SMILES string of the molecule is O=C1N/C(=C\c2ccncc2)C(=O)N1c1ccc(Br)cc1. The van der Waals surface area contributed by atoms with Gasteiger partial charge in [-0.3, -0.25) is 9.78 Å². The summed E-state index contributed by atoms with van der Waals surface area (Å²) in [5.74, 6) is -0.376. The van der Waals surface area contributed by atoms with Gasteiger partial charge in [0.15, 0.2) is 0 Å². The molecule has 2 heterocycles. The third-order valence-electron chi connectivity index (χ3n) is 2.98. The molecule has 1 aromatic carbocycles. The lowest BCUT2D eigenvalue weighted by atomic mass is 10.2. The monoisotopic (exact) mass is 343 g/mol. The van der Waals surface area contributed by atoms with Gasteiger partial charge in [0, 0.05) is 16.9 Å². The molecule has 0 saturated carbocycles. The van der Waals surface area contributed by atoms with Gasteiger partial charge in [-0.1, -0.05) is 15.9 Å². The average molecular weight is 344 g/mol. The molecule has 1 aliphatic heterocycles. The number of hydrogen-bond acceptors (Lipinski definition) is 3. The van der Waals surface area contributed by atoms with Gasteiger partial charge < -0.3 is 5.32 Å². The number of hydrogen-bond donors (Lipinski definition) is 1. The first-order valence-corrected chi connectivity index (χ1v) is 6.97. The van der Waals surface area contributed by atoms with E-state index in [9.17, 15) is 9.59 Å². The maximum atomic E-state index is 12.4. The Morgan fingerprint density at radius 2 is 1.71 bits per heavy atom. The number of amides is 3. The average Bonchev–Trinajstić information content (AvgIpc) is 2.76. The van der Waals surface area contributed by atoms with E-state index in [0.29, 0.717) is 5.69 Å². The lowest BCUT2D eigenvalue weighted by Crippen LogP contribution is -2.30. The van der Waals surface area contributed by atoms with Crippen molar-refractivity contribution in [2.45, 2.75) is 0 Å². The number of pyridine rings is 1. The van der Waals surface area contributed by atoms with Crippen LogP contribution in [0.3, 0.4) is 0 Å². The Hall–Kier alpha value is -2.47. The number of benzene rings is 1. The number of aromatic nitrogens is 1. The molecule has 104 valence electrons. The fraction of sp³-hybridized carbons (Fsp3) is 0. The Balaban J connectivity index is 1.92. The molecule has 1 fully saturated rings. The van der Waals surface area contributed by atoms with Crippen LogP contribution in [-0.2, 0) is 4.79 Å². The fourth-order valence-electron chi connectivity index (χ4n) is 1.99. The van der Waals surface area contributed by atoms with Crippen molar-refractivity contribution in [3.63, 3.8) is 0 Å². The molecule has 6 heteroatoms. The molecule has 0 radical (unpaired) electrons. The highest BCUT2D eigenvalue weighted by Gasteiger charge is 2.34. The number of anilines is 1. The first-order chi connectivity index (χ1) is 10.1. The lowest BCUT2D eigenvalue weighted by molar-refractivity contribution is -0.113. The summed E-state index contributed by atoms with van der Waals surface area (Å²) in [7, 11) is 0. The van der Waals surface area contributed by atoms with E-state index in [4.69, 9.17) is 0 Å². The van der Waals surface area contributed by atoms with Gasteiger partial charge in [-0.2, -0.15) is 0 Å². The molecule has 3 amide bonds. The molecular formula is C15H10BrN3O2. The van der Waals surface area contributed by atoms with Gasteiger partial charge in [0.05, 0.1) is 5.69 Å². The maximum absolute atomic E-state index is 12.4. The van der Waals surface area contributed by atoms with Crippen LogP contribution in [0.5, 0.6) is 0 Å². The quantitative estimate of drug-likeness (QED) is 0.673. The summed E-state index contributed by atoms with van der Waals surface area (Å²) in [5, 5.41) is 2.58. The topological polar surface area (TPSA) is 62.3 Å². The van der Waals surface area contributed by atoms with Gasteiger partial charge in [-0.05, 0) is 48.0 Å². The number of urea groups is 1. The molecule has 1 aliphatic rings. The molecular weight excluding hydrogens is 334 g/mol. The largest absolute Gasteiger partial charge is 0.333 e.